The van der Waals surface area contributed by atoms with Gasteiger partial charge in [-0.3, -0.25) is 14.3 Å². The highest BCUT2D eigenvalue weighted by Crippen LogP contribution is 2.30. The average Bonchev–Trinajstić information content (AvgIpc) is 2.94. The van der Waals surface area contributed by atoms with Gasteiger partial charge in [-0.25, -0.2) is 0 Å². The lowest BCUT2D eigenvalue weighted by Gasteiger charge is -2.38. The standard InChI is InChI=1S/C14H22N4O2/c1-4-18-9-6-11(16-18)12(19)17-8-5-7-14(2,10-17)13(20)15-3/h6,9H,4-5,7-8,10H2,1-3H3,(H,15,20)/t14-/m1/s1. The number of amides is 2. The Hall–Kier alpha value is -1.85. The molecule has 1 atom stereocenters. The minimum Gasteiger partial charge on any atom is -0.359 e. The summed E-state index contributed by atoms with van der Waals surface area (Å²) in [5, 5.41) is 6.93. The van der Waals surface area contributed by atoms with Crippen molar-refractivity contribution in [1.29, 1.82) is 0 Å². The number of carbonyl (C=O) groups excluding carboxylic acids is 2. The van der Waals surface area contributed by atoms with E-state index in [1.54, 1.807) is 28.9 Å². The molecule has 0 radical (unpaired) electrons. The maximum Gasteiger partial charge on any atom is 0.274 e. The van der Waals surface area contributed by atoms with Crippen LogP contribution in [0.3, 0.4) is 0 Å². The molecule has 20 heavy (non-hydrogen) atoms. The third kappa shape index (κ3) is 2.69. The number of nitrogens with zero attached hydrogens (tertiary/aromatic N) is 3. The zero-order chi connectivity index (χ0) is 14.8. The number of carbonyl (C=O) groups is 2. The van der Waals surface area contributed by atoms with Gasteiger partial charge in [0.15, 0.2) is 0 Å². The van der Waals surface area contributed by atoms with Crippen LogP contribution < -0.4 is 5.32 Å². The Morgan fingerprint density at radius 2 is 2.25 bits per heavy atom. The van der Waals surface area contributed by atoms with Crippen molar-refractivity contribution in [2.24, 2.45) is 5.41 Å². The smallest absolute Gasteiger partial charge is 0.274 e. The van der Waals surface area contributed by atoms with Crippen LogP contribution in [-0.4, -0.2) is 46.6 Å². The summed E-state index contributed by atoms with van der Waals surface area (Å²) in [6.07, 6.45) is 3.44. The van der Waals surface area contributed by atoms with Crippen molar-refractivity contribution in [3.8, 4) is 0 Å². The van der Waals surface area contributed by atoms with Gasteiger partial charge in [0.05, 0.1) is 5.41 Å². The molecule has 6 heteroatoms. The summed E-state index contributed by atoms with van der Waals surface area (Å²) in [6, 6.07) is 1.73. The number of likely N-dealkylation sites (tertiary alicyclic amines) is 1. The van der Waals surface area contributed by atoms with Crippen molar-refractivity contribution in [3.05, 3.63) is 18.0 Å². The molecule has 1 N–H and O–H groups in total. The maximum atomic E-state index is 12.4. The predicted molar refractivity (Wildman–Crippen MR) is 75.2 cm³/mol. The molecule has 1 aliphatic rings. The highest BCUT2D eigenvalue weighted by molar-refractivity contribution is 5.93. The number of rotatable bonds is 3. The van der Waals surface area contributed by atoms with Crippen LogP contribution >= 0.6 is 0 Å². The molecule has 0 unspecified atom stereocenters. The van der Waals surface area contributed by atoms with E-state index >= 15 is 0 Å². The molecule has 0 aliphatic carbocycles. The molecular formula is C14H22N4O2. The van der Waals surface area contributed by atoms with Gasteiger partial charge in [0.1, 0.15) is 5.69 Å². The summed E-state index contributed by atoms with van der Waals surface area (Å²) < 4.78 is 1.73. The van der Waals surface area contributed by atoms with Gasteiger partial charge >= 0.3 is 0 Å². The SMILES string of the molecule is CCn1ccc(C(=O)N2CCC[C@@](C)(C(=O)NC)C2)n1. The molecule has 1 fully saturated rings. The maximum absolute atomic E-state index is 12.4. The molecule has 6 nitrogen and oxygen atoms in total. The number of aryl methyl sites for hydroxylation is 1. The molecule has 1 aromatic rings. The van der Waals surface area contributed by atoms with Crippen molar-refractivity contribution in [3.63, 3.8) is 0 Å². The van der Waals surface area contributed by atoms with E-state index in [2.05, 4.69) is 10.4 Å². The van der Waals surface area contributed by atoms with Crippen LogP contribution in [0.5, 0.6) is 0 Å². The second-order valence-electron chi connectivity index (χ2n) is 5.53. The second-order valence-corrected chi connectivity index (χ2v) is 5.53. The molecular weight excluding hydrogens is 256 g/mol. The van der Waals surface area contributed by atoms with E-state index in [0.29, 0.717) is 18.8 Å². The van der Waals surface area contributed by atoms with Crippen LogP contribution in [-0.2, 0) is 11.3 Å². The Labute approximate surface area is 119 Å². The Kier molecular flexibility index (Phi) is 4.11. The molecule has 1 saturated heterocycles. The van der Waals surface area contributed by atoms with Crippen LogP contribution in [0.1, 0.15) is 37.2 Å². The molecule has 2 heterocycles. The number of piperidine rings is 1. The first kappa shape index (κ1) is 14.6. The highest BCUT2D eigenvalue weighted by atomic mass is 16.2. The summed E-state index contributed by atoms with van der Waals surface area (Å²) in [5.41, 5.74) is -0.0521. The van der Waals surface area contributed by atoms with Gasteiger partial charge in [-0.05, 0) is 32.8 Å². The first-order valence-corrected chi connectivity index (χ1v) is 7.05. The fourth-order valence-electron chi connectivity index (χ4n) is 2.71. The monoisotopic (exact) mass is 278 g/mol. The van der Waals surface area contributed by atoms with Crippen LogP contribution in [0.4, 0.5) is 0 Å². The lowest BCUT2D eigenvalue weighted by Crippen LogP contribution is -2.51. The average molecular weight is 278 g/mol. The number of aromatic nitrogens is 2. The predicted octanol–water partition coefficient (Wildman–Crippen LogP) is 0.891. The number of nitrogens with one attached hydrogen (secondary N) is 1. The summed E-state index contributed by atoms with van der Waals surface area (Å²) in [7, 11) is 1.64. The third-order valence-electron chi connectivity index (χ3n) is 3.94. The van der Waals surface area contributed by atoms with E-state index in [-0.39, 0.29) is 11.8 Å². The zero-order valence-corrected chi connectivity index (χ0v) is 12.3. The number of hydrogen-bond donors (Lipinski definition) is 1. The minimum absolute atomic E-state index is 0.00547. The quantitative estimate of drug-likeness (QED) is 0.893. The minimum atomic E-state index is -0.504. The molecule has 0 bridgehead atoms. The third-order valence-corrected chi connectivity index (χ3v) is 3.94. The van der Waals surface area contributed by atoms with Crippen LogP contribution in [0.25, 0.3) is 0 Å². The van der Waals surface area contributed by atoms with E-state index in [1.807, 2.05) is 13.8 Å². The Balaban J connectivity index is 2.12. The molecule has 1 aromatic heterocycles. The Morgan fingerprint density at radius 3 is 2.85 bits per heavy atom. The normalized spacial score (nSPS) is 22.6. The van der Waals surface area contributed by atoms with Gasteiger partial charge in [0.25, 0.3) is 5.91 Å². The van der Waals surface area contributed by atoms with E-state index in [0.717, 1.165) is 19.4 Å². The van der Waals surface area contributed by atoms with Gasteiger partial charge in [-0.15, -0.1) is 0 Å². The van der Waals surface area contributed by atoms with E-state index in [1.165, 1.54) is 0 Å². The summed E-state index contributed by atoms with van der Waals surface area (Å²) in [6.45, 7) is 5.76. The first-order chi connectivity index (χ1) is 9.50. The van der Waals surface area contributed by atoms with Crippen LogP contribution in [0.2, 0.25) is 0 Å². The molecule has 0 spiro atoms. The highest BCUT2D eigenvalue weighted by Gasteiger charge is 2.39. The zero-order valence-electron chi connectivity index (χ0n) is 12.3. The summed E-state index contributed by atoms with van der Waals surface area (Å²) >= 11 is 0. The largest absolute Gasteiger partial charge is 0.359 e. The summed E-state index contributed by atoms with van der Waals surface area (Å²) in [5.74, 6) is -0.0962. The molecule has 2 rings (SSSR count). The fraction of sp³-hybridized carbons (Fsp3) is 0.643. The van der Waals surface area contributed by atoms with Crippen molar-refractivity contribution >= 4 is 11.8 Å². The Bertz CT molecular complexity index is 511. The first-order valence-electron chi connectivity index (χ1n) is 7.05. The lowest BCUT2D eigenvalue weighted by atomic mass is 9.81. The van der Waals surface area contributed by atoms with Gasteiger partial charge < -0.3 is 10.2 Å². The second kappa shape index (κ2) is 5.64. The molecule has 0 aromatic carbocycles. The van der Waals surface area contributed by atoms with E-state index in [4.69, 9.17) is 0 Å². The van der Waals surface area contributed by atoms with Crippen molar-refractivity contribution in [2.45, 2.75) is 33.2 Å². The number of hydrogen-bond acceptors (Lipinski definition) is 3. The van der Waals surface area contributed by atoms with Crippen LogP contribution in [0.15, 0.2) is 12.3 Å². The molecule has 2 amide bonds. The van der Waals surface area contributed by atoms with Crippen molar-refractivity contribution in [2.75, 3.05) is 20.1 Å². The van der Waals surface area contributed by atoms with E-state index in [9.17, 15) is 9.59 Å². The molecule has 110 valence electrons. The fourth-order valence-corrected chi connectivity index (χ4v) is 2.71. The molecule has 1 aliphatic heterocycles. The topological polar surface area (TPSA) is 67.2 Å². The van der Waals surface area contributed by atoms with Gasteiger partial charge in [-0.1, -0.05) is 0 Å². The van der Waals surface area contributed by atoms with Gasteiger partial charge in [0, 0.05) is 32.9 Å². The van der Waals surface area contributed by atoms with Crippen molar-refractivity contribution < 1.29 is 9.59 Å². The van der Waals surface area contributed by atoms with Crippen molar-refractivity contribution in [1.82, 2.24) is 20.0 Å². The Morgan fingerprint density at radius 1 is 1.50 bits per heavy atom. The lowest BCUT2D eigenvalue weighted by molar-refractivity contribution is -0.132. The summed E-state index contributed by atoms with van der Waals surface area (Å²) in [4.78, 5) is 26.2. The van der Waals surface area contributed by atoms with Crippen LogP contribution in [0, 0.1) is 5.41 Å². The van der Waals surface area contributed by atoms with Gasteiger partial charge in [-0.2, -0.15) is 5.10 Å². The van der Waals surface area contributed by atoms with Gasteiger partial charge in [0.2, 0.25) is 5.91 Å². The van der Waals surface area contributed by atoms with E-state index < -0.39 is 5.41 Å². The molecule has 0 saturated carbocycles.